The maximum Gasteiger partial charge on any atom is 0.222 e. The summed E-state index contributed by atoms with van der Waals surface area (Å²) >= 11 is 0. The third-order valence-electron chi connectivity index (χ3n) is 4.01. The highest BCUT2D eigenvalue weighted by Gasteiger charge is 2.08. The second kappa shape index (κ2) is 9.76. The monoisotopic (exact) mass is 325 g/mol. The molecule has 2 aromatic carbocycles. The van der Waals surface area contributed by atoms with E-state index in [1.54, 1.807) is 4.90 Å². The topological polar surface area (TPSA) is 29.5 Å². The molecule has 0 saturated heterocycles. The van der Waals surface area contributed by atoms with Crippen molar-refractivity contribution in [3.8, 4) is 5.75 Å². The molecular weight excluding hydrogens is 298 g/mol. The summed E-state index contributed by atoms with van der Waals surface area (Å²) in [7, 11) is 1.87. The molecule has 2 aromatic rings. The van der Waals surface area contributed by atoms with Gasteiger partial charge < -0.3 is 9.64 Å². The molecule has 0 fully saturated rings. The molecular formula is C21H27NO2. The van der Waals surface area contributed by atoms with Crippen LogP contribution in [0.3, 0.4) is 0 Å². The first-order valence-corrected chi connectivity index (χ1v) is 8.68. The average molecular weight is 325 g/mol. The number of nitrogens with zero attached hydrogens (tertiary/aromatic N) is 1. The first-order chi connectivity index (χ1) is 11.7. The van der Waals surface area contributed by atoms with Gasteiger partial charge in [0.15, 0.2) is 0 Å². The summed E-state index contributed by atoms with van der Waals surface area (Å²) in [5, 5.41) is 0. The first kappa shape index (κ1) is 18.1. The average Bonchev–Trinajstić information content (AvgIpc) is 2.62. The minimum absolute atomic E-state index is 0.216. The summed E-state index contributed by atoms with van der Waals surface area (Å²) in [6.07, 6.45) is 3.88. The van der Waals surface area contributed by atoms with Gasteiger partial charge in [0.2, 0.25) is 5.91 Å². The number of unbranched alkanes of at least 4 members (excludes halogenated alkanes) is 2. The number of hydrogen-bond acceptors (Lipinski definition) is 2. The molecule has 0 heterocycles. The molecule has 0 aromatic heterocycles. The summed E-state index contributed by atoms with van der Waals surface area (Å²) in [6, 6.07) is 18.1. The Kier molecular flexibility index (Phi) is 7.34. The van der Waals surface area contributed by atoms with E-state index >= 15 is 0 Å². The predicted molar refractivity (Wildman–Crippen MR) is 97.8 cm³/mol. The highest BCUT2D eigenvalue weighted by Crippen LogP contribution is 2.15. The second-order valence-corrected chi connectivity index (χ2v) is 6.13. The van der Waals surface area contributed by atoms with E-state index in [0.717, 1.165) is 36.1 Å². The van der Waals surface area contributed by atoms with E-state index in [4.69, 9.17) is 4.74 Å². The highest BCUT2D eigenvalue weighted by molar-refractivity contribution is 5.75. The summed E-state index contributed by atoms with van der Waals surface area (Å²) < 4.78 is 5.78. The van der Waals surface area contributed by atoms with Crippen molar-refractivity contribution in [3.63, 3.8) is 0 Å². The number of hydrogen-bond donors (Lipinski definition) is 0. The minimum atomic E-state index is 0.216. The van der Waals surface area contributed by atoms with Crippen molar-refractivity contribution >= 4 is 5.91 Å². The molecule has 0 N–H and O–H groups in total. The third-order valence-corrected chi connectivity index (χ3v) is 4.01. The fourth-order valence-corrected chi connectivity index (χ4v) is 2.51. The quantitative estimate of drug-likeness (QED) is 0.620. The molecule has 3 heteroatoms. The van der Waals surface area contributed by atoms with Crippen LogP contribution in [-0.2, 0) is 17.9 Å². The summed E-state index contributed by atoms with van der Waals surface area (Å²) in [5.74, 6) is 1.06. The molecule has 0 aliphatic rings. The first-order valence-electron chi connectivity index (χ1n) is 8.68. The lowest BCUT2D eigenvalue weighted by Crippen LogP contribution is -2.25. The van der Waals surface area contributed by atoms with E-state index in [-0.39, 0.29) is 5.91 Å². The zero-order valence-corrected chi connectivity index (χ0v) is 14.7. The largest absolute Gasteiger partial charge is 0.489 e. The van der Waals surface area contributed by atoms with Gasteiger partial charge in [-0.2, -0.15) is 0 Å². The van der Waals surface area contributed by atoms with E-state index in [1.807, 2.05) is 61.6 Å². The van der Waals surface area contributed by atoms with Crippen molar-refractivity contribution in [2.24, 2.45) is 0 Å². The molecule has 0 atom stereocenters. The SMILES string of the molecule is CCCCCC(=O)N(C)Cc1ccc(OCc2ccccc2)cc1. The van der Waals surface area contributed by atoms with Crippen LogP contribution < -0.4 is 4.74 Å². The standard InChI is InChI=1S/C21H27NO2/c1-3-4-6-11-21(23)22(2)16-18-12-14-20(15-13-18)24-17-19-9-7-5-8-10-19/h5,7-10,12-15H,3-4,6,11,16-17H2,1-2H3. The molecule has 0 spiro atoms. The van der Waals surface area contributed by atoms with Crippen molar-refractivity contribution in [3.05, 3.63) is 65.7 Å². The number of carbonyl (C=O) groups is 1. The number of ether oxygens (including phenoxy) is 1. The lowest BCUT2D eigenvalue weighted by molar-refractivity contribution is -0.130. The zero-order chi connectivity index (χ0) is 17.2. The van der Waals surface area contributed by atoms with Crippen LogP contribution in [0.25, 0.3) is 0 Å². The van der Waals surface area contributed by atoms with Crippen LogP contribution in [0, 0.1) is 0 Å². The molecule has 3 nitrogen and oxygen atoms in total. The molecule has 24 heavy (non-hydrogen) atoms. The lowest BCUT2D eigenvalue weighted by atomic mass is 10.1. The fourth-order valence-electron chi connectivity index (χ4n) is 2.51. The van der Waals surface area contributed by atoms with Gasteiger partial charge in [-0.25, -0.2) is 0 Å². The molecule has 0 bridgehead atoms. The van der Waals surface area contributed by atoms with E-state index in [0.29, 0.717) is 19.6 Å². The van der Waals surface area contributed by atoms with Crippen molar-refractivity contribution in [1.82, 2.24) is 4.90 Å². The summed E-state index contributed by atoms with van der Waals surface area (Å²) in [6.45, 7) is 3.36. The molecule has 2 rings (SSSR count). The Morgan fingerprint density at radius 1 is 0.958 bits per heavy atom. The van der Waals surface area contributed by atoms with Gasteiger partial charge in [-0.1, -0.05) is 62.2 Å². The maximum absolute atomic E-state index is 12.0. The van der Waals surface area contributed by atoms with Crippen LogP contribution in [0.4, 0.5) is 0 Å². The fraction of sp³-hybridized carbons (Fsp3) is 0.381. The van der Waals surface area contributed by atoms with E-state index in [9.17, 15) is 4.79 Å². The Morgan fingerprint density at radius 2 is 1.67 bits per heavy atom. The summed E-state index contributed by atoms with van der Waals surface area (Å²) in [5.41, 5.74) is 2.27. The molecule has 0 aliphatic carbocycles. The van der Waals surface area contributed by atoms with E-state index in [1.165, 1.54) is 0 Å². The van der Waals surface area contributed by atoms with Crippen molar-refractivity contribution < 1.29 is 9.53 Å². The van der Waals surface area contributed by atoms with Gasteiger partial charge in [-0.3, -0.25) is 4.79 Å². The predicted octanol–water partition coefficient (Wildman–Crippen LogP) is 4.80. The van der Waals surface area contributed by atoms with Gasteiger partial charge in [-0.15, -0.1) is 0 Å². The van der Waals surface area contributed by atoms with Gasteiger partial charge in [0.1, 0.15) is 12.4 Å². The minimum Gasteiger partial charge on any atom is -0.489 e. The molecule has 0 unspecified atom stereocenters. The Hall–Kier alpha value is -2.29. The van der Waals surface area contributed by atoms with Gasteiger partial charge in [0, 0.05) is 20.0 Å². The van der Waals surface area contributed by atoms with Crippen molar-refractivity contribution in [1.29, 1.82) is 0 Å². The number of benzene rings is 2. The molecule has 128 valence electrons. The normalized spacial score (nSPS) is 10.4. The molecule has 0 aliphatic heterocycles. The van der Waals surface area contributed by atoms with Crippen LogP contribution in [-0.4, -0.2) is 17.9 Å². The zero-order valence-electron chi connectivity index (χ0n) is 14.7. The number of rotatable bonds is 9. The van der Waals surface area contributed by atoms with Crippen LogP contribution in [0.2, 0.25) is 0 Å². The van der Waals surface area contributed by atoms with Gasteiger partial charge in [0.25, 0.3) is 0 Å². The number of amides is 1. The Morgan fingerprint density at radius 3 is 2.33 bits per heavy atom. The van der Waals surface area contributed by atoms with Crippen LogP contribution in [0.1, 0.15) is 43.7 Å². The van der Waals surface area contributed by atoms with Gasteiger partial charge >= 0.3 is 0 Å². The van der Waals surface area contributed by atoms with E-state index < -0.39 is 0 Å². The lowest BCUT2D eigenvalue weighted by Gasteiger charge is -2.17. The Bertz CT molecular complexity index is 607. The molecule has 0 saturated carbocycles. The maximum atomic E-state index is 12.0. The Balaban J connectivity index is 1.80. The van der Waals surface area contributed by atoms with Crippen LogP contribution >= 0.6 is 0 Å². The Labute approximate surface area is 145 Å². The van der Waals surface area contributed by atoms with Crippen molar-refractivity contribution in [2.45, 2.75) is 45.8 Å². The van der Waals surface area contributed by atoms with Crippen LogP contribution in [0.5, 0.6) is 5.75 Å². The van der Waals surface area contributed by atoms with Crippen molar-refractivity contribution in [2.75, 3.05) is 7.05 Å². The summed E-state index contributed by atoms with van der Waals surface area (Å²) in [4.78, 5) is 13.9. The smallest absolute Gasteiger partial charge is 0.222 e. The van der Waals surface area contributed by atoms with Gasteiger partial charge in [-0.05, 0) is 29.7 Å². The molecule has 1 amide bonds. The number of carbonyl (C=O) groups excluding carboxylic acids is 1. The van der Waals surface area contributed by atoms with E-state index in [2.05, 4.69) is 6.92 Å². The van der Waals surface area contributed by atoms with Crippen LogP contribution in [0.15, 0.2) is 54.6 Å². The third kappa shape index (κ3) is 6.07. The molecule has 0 radical (unpaired) electrons. The highest BCUT2D eigenvalue weighted by atomic mass is 16.5. The van der Waals surface area contributed by atoms with Gasteiger partial charge in [0.05, 0.1) is 0 Å². The second-order valence-electron chi connectivity index (χ2n) is 6.13.